The second-order valence-electron chi connectivity index (χ2n) is 6.70. The van der Waals surface area contributed by atoms with Crippen LogP contribution in [0.4, 0.5) is 4.79 Å². The zero-order valence-electron chi connectivity index (χ0n) is 12.7. The minimum atomic E-state index is -0.493. The minimum Gasteiger partial charge on any atom is -0.444 e. The molecule has 5 heteroatoms. The van der Waals surface area contributed by atoms with Crippen LogP contribution < -0.4 is 0 Å². The van der Waals surface area contributed by atoms with Crippen LogP contribution in [0.25, 0.3) is 0 Å². The zero-order chi connectivity index (χ0) is 14.8. The Hall–Kier alpha value is -1.10. The molecule has 1 unspecified atom stereocenters. The second kappa shape index (κ2) is 6.12. The predicted molar refractivity (Wildman–Crippen MR) is 74.5 cm³/mol. The first-order chi connectivity index (χ1) is 9.37. The summed E-state index contributed by atoms with van der Waals surface area (Å²) in [6.45, 7) is 8.00. The molecule has 0 aromatic heterocycles. The predicted octanol–water partition coefficient (Wildman–Crippen LogP) is 2.24. The lowest BCUT2D eigenvalue weighted by atomic mass is 9.80. The Kier molecular flexibility index (Phi) is 4.68. The zero-order valence-corrected chi connectivity index (χ0v) is 12.7. The summed E-state index contributed by atoms with van der Waals surface area (Å²) >= 11 is 0. The van der Waals surface area contributed by atoms with Gasteiger partial charge in [-0.2, -0.15) is 0 Å². The topological polar surface area (TPSA) is 55.8 Å². The lowest BCUT2D eigenvalue weighted by molar-refractivity contribution is -0.129. The maximum Gasteiger partial charge on any atom is 0.410 e. The molecule has 0 radical (unpaired) electrons. The smallest absolute Gasteiger partial charge is 0.410 e. The number of ether oxygens (including phenoxy) is 2. The molecule has 2 saturated heterocycles. The van der Waals surface area contributed by atoms with Crippen LogP contribution in [-0.4, -0.2) is 48.7 Å². The Bertz CT molecular complexity index is 369. The normalized spacial score (nSPS) is 25.6. The molecule has 0 aromatic carbocycles. The molecular weight excluding hydrogens is 258 g/mol. The first-order valence-electron chi connectivity index (χ1n) is 7.45. The fourth-order valence-corrected chi connectivity index (χ4v) is 2.88. The van der Waals surface area contributed by atoms with Crippen molar-refractivity contribution in [3.05, 3.63) is 0 Å². The van der Waals surface area contributed by atoms with Crippen LogP contribution in [0.1, 0.15) is 40.0 Å². The van der Waals surface area contributed by atoms with Crippen molar-refractivity contribution in [2.75, 3.05) is 26.3 Å². The summed E-state index contributed by atoms with van der Waals surface area (Å²) in [7, 11) is 0. The van der Waals surface area contributed by atoms with Gasteiger partial charge in [0, 0.05) is 38.6 Å². The van der Waals surface area contributed by atoms with Gasteiger partial charge in [0.2, 0.25) is 0 Å². The third-order valence-electron chi connectivity index (χ3n) is 3.95. The van der Waals surface area contributed by atoms with E-state index in [4.69, 9.17) is 9.47 Å². The molecule has 1 amide bonds. The summed E-state index contributed by atoms with van der Waals surface area (Å²) in [5, 5.41) is 0. The van der Waals surface area contributed by atoms with Gasteiger partial charge in [-0.3, -0.25) is 4.79 Å². The maximum atomic E-state index is 12.1. The van der Waals surface area contributed by atoms with Crippen molar-refractivity contribution in [2.45, 2.75) is 45.6 Å². The standard InChI is InChI=1S/C15H25NO4/c1-15(2,3)20-14(18)16-7-4-13(17)12(10-16)11-5-8-19-9-6-11/h11-12H,4-10H2,1-3H3. The van der Waals surface area contributed by atoms with Gasteiger partial charge in [-0.1, -0.05) is 0 Å². The van der Waals surface area contributed by atoms with E-state index in [1.54, 1.807) is 4.90 Å². The highest BCUT2D eigenvalue weighted by molar-refractivity contribution is 5.84. The Morgan fingerprint density at radius 1 is 1.30 bits per heavy atom. The van der Waals surface area contributed by atoms with Gasteiger partial charge in [0.1, 0.15) is 11.4 Å². The molecule has 20 heavy (non-hydrogen) atoms. The lowest BCUT2D eigenvalue weighted by Gasteiger charge is -2.37. The fourth-order valence-electron chi connectivity index (χ4n) is 2.88. The highest BCUT2D eigenvalue weighted by Crippen LogP contribution is 2.29. The van der Waals surface area contributed by atoms with Crippen LogP contribution in [0.3, 0.4) is 0 Å². The third kappa shape index (κ3) is 3.95. The van der Waals surface area contributed by atoms with Crippen molar-refractivity contribution in [2.24, 2.45) is 11.8 Å². The molecule has 2 aliphatic rings. The fraction of sp³-hybridized carbons (Fsp3) is 0.867. The highest BCUT2D eigenvalue weighted by Gasteiger charge is 2.37. The van der Waals surface area contributed by atoms with Gasteiger partial charge in [0.25, 0.3) is 0 Å². The number of rotatable bonds is 1. The number of hydrogen-bond donors (Lipinski definition) is 0. The van der Waals surface area contributed by atoms with Gasteiger partial charge in [-0.15, -0.1) is 0 Å². The SMILES string of the molecule is CC(C)(C)OC(=O)N1CCC(=O)C(C2CCOCC2)C1. The molecule has 0 spiro atoms. The Labute approximate surface area is 120 Å². The van der Waals surface area contributed by atoms with Crippen molar-refractivity contribution in [1.29, 1.82) is 0 Å². The summed E-state index contributed by atoms with van der Waals surface area (Å²) in [6, 6.07) is 0. The quantitative estimate of drug-likeness (QED) is 0.740. The average Bonchev–Trinajstić information content (AvgIpc) is 2.38. The van der Waals surface area contributed by atoms with Crippen LogP contribution in [0, 0.1) is 11.8 Å². The van der Waals surface area contributed by atoms with E-state index in [0.29, 0.717) is 25.4 Å². The molecule has 5 nitrogen and oxygen atoms in total. The number of carbonyl (C=O) groups excluding carboxylic acids is 2. The molecular formula is C15H25NO4. The number of likely N-dealkylation sites (tertiary alicyclic amines) is 1. The number of nitrogens with zero attached hydrogens (tertiary/aromatic N) is 1. The maximum absolute atomic E-state index is 12.1. The van der Waals surface area contributed by atoms with Gasteiger partial charge in [-0.05, 0) is 39.5 Å². The number of hydrogen-bond acceptors (Lipinski definition) is 4. The van der Waals surface area contributed by atoms with Gasteiger partial charge >= 0.3 is 6.09 Å². The molecule has 2 fully saturated rings. The largest absolute Gasteiger partial charge is 0.444 e. The van der Waals surface area contributed by atoms with Crippen LogP contribution in [0.15, 0.2) is 0 Å². The minimum absolute atomic E-state index is 0.0415. The van der Waals surface area contributed by atoms with E-state index in [0.717, 1.165) is 26.1 Å². The second-order valence-corrected chi connectivity index (χ2v) is 6.70. The number of ketones is 1. The van der Waals surface area contributed by atoms with E-state index in [1.165, 1.54) is 0 Å². The molecule has 2 heterocycles. The van der Waals surface area contributed by atoms with Gasteiger partial charge in [0.15, 0.2) is 0 Å². The molecule has 1 atom stereocenters. The van der Waals surface area contributed by atoms with E-state index in [2.05, 4.69) is 0 Å². The van der Waals surface area contributed by atoms with Crippen LogP contribution in [0.2, 0.25) is 0 Å². The summed E-state index contributed by atoms with van der Waals surface area (Å²) < 4.78 is 10.7. The van der Waals surface area contributed by atoms with Gasteiger partial charge in [0.05, 0.1) is 0 Å². The number of piperidine rings is 1. The monoisotopic (exact) mass is 283 g/mol. The van der Waals surface area contributed by atoms with Crippen molar-refractivity contribution in [3.63, 3.8) is 0 Å². The Morgan fingerprint density at radius 3 is 2.55 bits per heavy atom. The van der Waals surface area contributed by atoms with E-state index in [-0.39, 0.29) is 17.8 Å². The first kappa shape index (κ1) is 15.3. The molecule has 0 aliphatic carbocycles. The molecule has 2 aliphatic heterocycles. The summed E-state index contributed by atoms with van der Waals surface area (Å²) in [5.41, 5.74) is -0.493. The van der Waals surface area contributed by atoms with E-state index in [1.807, 2.05) is 20.8 Å². The Balaban J connectivity index is 1.96. The van der Waals surface area contributed by atoms with Crippen molar-refractivity contribution in [1.82, 2.24) is 4.90 Å². The number of carbonyl (C=O) groups is 2. The summed E-state index contributed by atoms with van der Waals surface area (Å²) in [6.07, 6.45) is 1.97. The average molecular weight is 283 g/mol. The van der Waals surface area contributed by atoms with Crippen LogP contribution in [0.5, 0.6) is 0 Å². The number of Topliss-reactive ketones (excluding diaryl/α,β-unsaturated/α-hetero) is 1. The molecule has 0 N–H and O–H groups in total. The molecule has 0 bridgehead atoms. The van der Waals surface area contributed by atoms with Crippen molar-refractivity contribution in [3.8, 4) is 0 Å². The van der Waals surface area contributed by atoms with Crippen LogP contribution >= 0.6 is 0 Å². The van der Waals surface area contributed by atoms with Crippen molar-refractivity contribution >= 4 is 11.9 Å². The van der Waals surface area contributed by atoms with E-state index in [9.17, 15) is 9.59 Å². The lowest BCUT2D eigenvalue weighted by Crippen LogP contribution is -2.48. The molecule has 0 saturated carbocycles. The third-order valence-corrected chi connectivity index (χ3v) is 3.95. The first-order valence-corrected chi connectivity index (χ1v) is 7.45. The number of amides is 1. The van der Waals surface area contributed by atoms with Gasteiger partial charge in [-0.25, -0.2) is 4.79 Å². The van der Waals surface area contributed by atoms with Crippen LogP contribution in [-0.2, 0) is 14.3 Å². The van der Waals surface area contributed by atoms with E-state index >= 15 is 0 Å². The molecule has 2 rings (SSSR count). The molecule has 0 aromatic rings. The summed E-state index contributed by atoms with van der Waals surface area (Å²) in [4.78, 5) is 25.9. The van der Waals surface area contributed by atoms with Gasteiger partial charge < -0.3 is 14.4 Å². The van der Waals surface area contributed by atoms with Crippen molar-refractivity contribution < 1.29 is 19.1 Å². The highest BCUT2D eigenvalue weighted by atomic mass is 16.6. The Morgan fingerprint density at radius 2 is 1.95 bits per heavy atom. The summed E-state index contributed by atoms with van der Waals surface area (Å²) in [5.74, 6) is 0.596. The van der Waals surface area contributed by atoms with E-state index < -0.39 is 5.60 Å². The molecule has 114 valence electrons.